The normalized spacial score (nSPS) is 12.3. The lowest BCUT2D eigenvalue weighted by atomic mass is 10.0. The van der Waals surface area contributed by atoms with E-state index in [9.17, 15) is 0 Å². The van der Waals surface area contributed by atoms with Crippen LogP contribution in [-0.2, 0) is 13.5 Å². The number of hydrogen-bond donors (Lipinski definition) is 1. The van der Waals surface area contributed by atoms with E-state index < -0.39 is 0 Å². The molecule has 0 bridgehead atoms. The van der Waals surface area contributed by atoms with E-state index in [0.717, 1.165) is 17.6 Å². The van der Waals surface area contributed by atoms with Gasteiger partial charge in [-0.25, -0.2) is 0 Å². The van der Waals surface area contributed by atoms with E-state index in [4.69, 9.17) is 10.7 Å². The van der Waals surface area contributed by atoms with Crippen molar-refractivity contribution in [1.29, 1.82) is 0 Å². The van der Waals surface area contributed by atoms with Gasteiger partial charge >= 0.3 is 0 Å². The summed E-state index contributed by atoms with van der Waals surface area (Å²) in [6.07, 6.45) is 10.3. The van der Waals surface area contributed by atoms with Gasteiger partial charge in [0.25, 0.3) is 0 Å². The molecule has 8 aromatic rings. The van der Waals surface area contributed by atoms with Gasteiger partial charge in [0.15, 0.2) is 0 Å². The molecular formula is C39H30N4. The molecule has 0 aliphatic heterocycles. The van der Waals surface area contributed by atoms with Gasteiger partial charge in [-0.1, -0.05) is 72.8 Å². The molecule has 4 heteroatoms. The molecule has 0 amide bonds. The second kappa shape index (κ2) is 10.0. The monoisotopic (exact) mass is 554 g/mol. The van der Waals surface area contributed by atoms with Crippen molar-refractivity contribution in [1.82, 2.24) is 14.1 Å². The lowest BCUT2D eigenvalue weighted by molar-refractivity contribution is 1.01. The molecule has 206 valence electrons. The van der Waals surface area contributed by atoms with Crippen molar-refractivity contribution >= 4 is 54.5 Å². The van der Waals surface area contributed by atoms with Crippen LogP contribution in [0.4, 0.5) is 0 Å². The van der Waals surface area contributed by atoms with Gasteiger partial charge in [-0.05, 0) is 83.9 Å². The van der Waals surface area contributed by atoms with Crippen LogP contribution in [0.3, 0.4) is 0 Å². The first-order chi connectivity index (χ1) is 21.2. The molecule has 4 nitrogen and oxygen atoms in total. The summed E-state index contributed by atoms with van der Waals surface area (Å²) in [5.74, 6) is 0. The summed E-state index contributed by atoms with van der Waals surface area (Å²) < 4.78 is 4.67. The van der Waals surface area contributed by atoms with Crippen LogP contribution < -0.4 is 5.73 Å². The maximum absolute atomic E-state index is 5.48. The van der Waals surface area contributed by atoms with Crippen LogP contribution in [0.2, 0.25) is 0 Å². The van der Waals surface area contributed by atoms with Gasteiger partial charge in [-0.2, -0.15) is 0 Å². The highest BCUT2D eigenvalue weighted by molar-refractivity contribution is 6.20. The highest BCUT2D eigenvalue weighted by Gasteiger charge is 2.16. The number of rotatable bonds is 5. The highest BCUT2D eigenvalue weighted by atomic mass is 15.0. The number of aryl methyl sites for hydroxylation is 1. The largest absolute Gasteiger partial charge is 0.405 e. The zero-order valence-electron chi connectivity index (χ0n) is 23.9. The number of allylic oxidation sites excluding steroid dienone is 3. The van der Waals surface area contributed by atoms with Crippen LogP contribution in [0.1, 0.15) is 5.56 Å². The van der Waals surface area contributed by atoms with Crippen LogP contribution in [0.25, 0.3) is 71.3 Å². The molecule has 8 rings (SSSR count). The average Bonchev–Trinajstić information content (AvgIpc) is 3.54. The molecule has 0 fully saturated rings. The molecule has 0 aliphatic carbocycles. The molecule has 0 saturated carbocycles. The van der Waals surface area contributed by atoms with Crippen molar-refractivity contribution in [2.75, 3.05) is 0 Å². The van der Waals surface area contributed by atoms with Crippen molar-refractivity contribution in [3.05, 3.63) is 145 Å². The number of pyridine rings is 1. The molecule has 3 heterocycles. The molecule has 3 aromatic heterocycles. The summed E-state index contributed by atoms with van der Waals surface area (Å²) in [6, 6.07) is 39.7. The van der Waals surface area contributed by atoms with Crippen molar-refractivity contribution in [2.45, 2.75) is 6.42 Å². The number of para-hydroxylation sites is 1. The fraction of sp³-hybridized carbons (Fsp3) is 0.0513. The number of hydrogen-bond acceptors (Lipinski definition) is 2. The molecule has 0 radical (unpaired) electrons. The van der Waals surface area contributed by atoms with Crippen molar-refractivity contribution < 1.29 is 0 Å². The fourth-order valence-corrected chi connectivity index (χ4v) is 6.61. The Morgan fingerprint density at radius 2 is 1.51 bits per heavy atom. The van der Waals surface area contributed by atoms with E-state index in [-0.39, 0.29) is 0 Å². The van der Waals surface area contributed by atoms with Crippen LogP contribution in [0, 0.1) is 0 Å². The number of fused-ring (bicyclic) bond motifs is 8. The zero-order valence-corrected chi connectivity index (χ0v) is 23.9. The Morgan fingerprint density at radius 3 is 2.44 bits per heavy atom. The quantitative estimate of drug-likeness (QED) is 0.216. The second-order valence-electron chi connectivity index (χ2n) is 11.1. The molecule has 43 heavy (non-hydrogen) atoms. The minimum Gasteiger partial charge on any atom is -0.405 e. The molecule has 0 aliphatic rings. The van der Waals surface area contributed by atoms with Crippen LogP contribution in [0.5, 0.6) is 0 Å². The van der Waals surface area contributed by atoms with E-state index in [1.54, 1.807) is 6.20 Å². The van der Waals surface area contributed by atoms with Crippen molar-refractivity contribution in [3.63, 3.8) is 0 Å². The standard InChI is InChI=1S/C39H30N4/c1-42-36-20-16-27-11-8-22-41-39(27)38(36)32-18-15-29(25-37(32)42)28-17-19-35-33(24-28)31-13-4-5-14-34(31)43(35)30-12-7-10-26(23-30)9-3-2-6-21-40/h2-8,10-25H,9,40H2,1H3/b3-2-,21-6-. The second-order valence-corrected chi connectivity index (χ2v) is 11.1. The van der Waals surface area contributed by atoms with Gasteiger partial charge in [0, 0.05) is 51.4 Å². The fourth-order valence-electron chi connectivity index (χ4n) is 6.61. The van der Waals surface area contributed by atoms with E-state index in [0.29, 0.717) is 0 Å². The number of aromatic nitrogens is 3. The minimum atomic E-state index is 0.849. The number of nitrogens with two attached hydrogens (primary N) is 1. The Kier molecular flexibility index (Phi) is 5.86. The van der Waals surface area contributed by atoms with E-state index in [2.05, 4.69) is 125 Å². The predicted molar refractivity (Wildman–Crippen MR) is 182 cm³/mol. The summed E-state index contributed by atoms with van der Waals surface area (Å²) in [5, 5.41) is 6.12. The first-order valence-electron chi connectivity index (χ1n) is 14.6. The van der Waals surface area contributed by atoms with Crippen LogP contribution in [0.15, 0.2) is 140 Å². The smallest absolute Gasteiger partial charge is 0.0802 e. The first kappa shape index (κ1) is 25.1. The minimum absolute atomic E-state index is 0.849. The summed E-state index contributed by atoms with van der Waals surface area (Å²) in [4.78, 5) is 4.75. The Labute approximate surface area is 249 Å². The first-order valence-corrected chi connectivity index (χ1v) is 14.6. The number of nitrogens with zero attached hydrogens (tertiary/aromatic N) is 3. The predicted octanol–water partition coefficient (Wildman–Crippen LogP) is 9.21. The summed E-state index contributed by atoms with van der Waals surface area (Å²) in [5.41, 5.74) is 16.2. The topological polar surface area (TPSA) is 48.8 Å². The Bertz CT molecular complexity index is 2400. The summed E-state index contributed by atoms with van der Waals surface area (Å²) in [7, 11) is 2.15. The van der Waals surface area contributed by atoms with Gasteiger partial charge in [0.2, 0.25) is 0 Å². The number of benzene rings is 5. The maximum atomic E-state index is 5.48. The average molecular weight is 555 g/mol. The van der Waals surface area contributed by atoms with Crippen molar-refractivity contribution in [3.8, 4) is 16.8 Å². The summed E-state index contributed by atoms with van der Waals surface area (Å²) >= 11 is 0. The third-order valence-electron chi connectivity index (χ3n) is 8.63. The lowest BCUT2D eigenvalue weighted by Gasteiger charge is -2.10. The summed E-state index contributed by atoms with van der Waals surface area (Å²) in [6.45, 7) is 0. The molecule has 0 saturated heterocycles. The van der Waals surface area contributed by atoms with Crippen LogP contribution in [-0.4, -0.2) is 14.1 Å². The van der Waals surface area contributed by atoms with Gasteiger partial charge in [0.1, 0.15) is 0 Å². The van der Waals surface area contributed by atoms with Crippen LogP contribution >= 0.6 is 0 Å². The Balaban J connectivity index is 1.28. The van der Waals surface area contributed by atoms with Gasteiger partial charge in [-0.15, -0.1) is 0 Å². The molecule has 2 N–H and O–H groups in total. The van der Waals surface area contributed by atoms with Crippen molar-refractivity contribution in [2.24, 2.45) is 12.8 Å². The third-order valence-corrected chi connectivity index (χ3v) is 8.63. The molecule has 5 aromatic carbocycles. The Hall–Kier alpha value is -5.61. The van der Waals surface area contributed by atoms with E-state index >= 15 is 0 Å². The van der Waals surface area contributed by atoms with E-state index in [1.807, 2.05) is 24.4 Å². The van der Waals surface area contributed by atoms with Gasteiger partial charge < -0.3 is 14.9 Å². The molecule has 0 atom stereocenters. The zero-order chi connectivity index (χ0) is 28.9. The highest BCUT2D eigenvalue weighted by Crippen LogP contribution is 2.38. The van der Waals surface area contributed by atoms with Gasteiger partial charge in [0.05, 0.1) is 22.1 Å². The molecule has 0 unspecified atom stereocenters. The maximum Gasteiger partial charge on any atom is 0.0802 e. The van der Waals surface area contributed by atoms with Gasteiger partial charge in [-0.3, -0.25) is 4.98 Å². The Morgan fingerprint density at radius 1 is 0.674 bits per heavy atom. The lowest BCUT2D eigenvalue weighted by Crippen LogP contribution is -1.95. The molecule has 0 spiro atoms. The SMILES string of the molecule is Cn1c2cc(-c3ccc4c(c3)c3ccccc3n4-c3cccc(C/C=C\C=C/N)c3)ccc2c2c3ncccc3ccc21. The van der Waals surface area contributed by atoms with E-state index in [1.165, 1.54) is 65.7 Å². The third kappa shape index (κ3) is 4.03. The molecular weight excluding hydrogens is 524 g/mol.